The average molecular weight is 353 g/mol. The van der Waals surface area contributed by atoms with E-state index in [1.165, 1.54) is 19.3 Å². The second-order valence-corrected chi connectivity index (χ2v) is 8.68. The Bertz CT molecular complexity index is 440. The minimum Gasteiger partial charge on any atom is -0.383 e. The molecule has 2 heterocycles. The number of hydrogen-bond donors (Lipinski definition) is 0. The maximum atomic E-state index is 12.5. The predicted molar refractivity (Wildman–Crippen MR) is 98.6 cm³/mol. The van der Waals surface area contributed by atoms with E-state index in [1.807, 2.05) is 4.90 Å². The number of rotatable bonds is 6. The van der Waals surface area contributed by atoms with Gasteiger partial charge in [0.15, 0.2) is 0 Å². The van der Waals surface area contributed by atoms with Gasteiger partial charge in [0, 0.05) is 38.8 Å². The van der Waals surface area contributed by atoms with Gasteiger partial charge in [-0.05, 0) is 51.4 Å². The summed E-state index contributed by atoms with van der Waals surface area (Å²) in [6.45, 7) is 8.58. The minimum absolute atomic E-state index is 0.189. The van der Waals surface area contributed by atoms with Crippen LogP contribution >= 0.6 is 0 Å². The number of likely N-dealkylation sites (tertiary alicyclic amines) is 2. The molecule has 1 aliphatic carbocycles. The second kappa shape index (κ2) is 8.36. The molecular weight excluding hydrogens is 316 g/mol. The van der Waals surface area contributed by atoms with Crippen LogP contribution in [0.1, 0.15) is 58.8 Å². The summed E-state index contributed by atoms with van der Waals surface area (Å²) in [6, 6.07) is 1.08. The molecule has 3 aliphatic rings. The molecule has 0 radical (unpaired) electrons. The van der Waals surface area contributed by atoms with Gasteiger partial charge in [0.1, 0.15) is 6.61 Å². The lowest BCUT2D eigenvalue weighted by atomic mass is 9.76. The van der Waals surface area contributed by atoms with Crippen molar-refractivity contribution in [2.24, 2.45) is 5.41 Å². The summed E-state index contributed by atoms with van der Waals surface area (Å²) >= 11 is 0. The van der Waals surface area contributed by atoms with Crippen molar-refractivity contribution in [3.8, 4) is 0 Å². The minimum atomic E-state index is 0.189. The van der Waals surface area contributed by atoms with Crippen molar-refractivity contribution >= 4 is 5.91 Å². The molecule has 1 spiro atoms. The molecule has 0 aromatic rings. The molecule has 5 heteroatoms. The maximum absolute atomic E-state index is 12.5. The molecule has 1 amide bonds. The molecule has 0 aromatic carbocycles. The molecule has 25 heavy (non-hydrogen) atoms. The van der Waals surface area contributed by atoms with E-state index in [-0.39, 0.29) is 12.5 Å². The number of methoxy groups -OCH3 is 1. The Morgan fingerprint density at radius 2 is 1.88 bits per heavy atom. The van der Waals surface area contributed by atoms with Gasteiger partial charge in [0.2, 0.25) is 5.91 Å². The summed E-state index contributed by atoms with van der Waals surface area (Å²) in [5.74, 6) is 0.189. The van der Waals surface area contributed by atoms with E-state index in [4.69, 9.17) is 9.47 Å². The summed E-state index contributed by atoms with van der Waals surface area (Å²) < 4.78 is 11.3. The largest absolute Gasteiger partial charge is 0.383 e. The lowest BCUT2D eigenvalue weighted by Crippen LogP contribution is -2.46. The van der Waals surface area contributed by atoms with Gasteiger partial charge in [-0.15, -0.1) is 0 Å². The third-order valence-corrected chi connectivity index (χ3v) is 6.60. The highest BCUT2D eigenvalue weighted by Gasteiger charge is 2.46. The van der Waals surface area contributed by atoms with Crippen LogP contribution in [0.15, 0.2) is 0 Å². The van der Waals surface area contributed by atoms with Crippen LogP contribution in [0.2, 0.25) is 0 Å². The summed E-state index contributed by atoms with van der Waals surface area (Å²) in [6.07, 6.45) is 8.52. The quantitative estimate of drug-likeness (QED) is 0.737. The topological polar surface area (TPSA) is 42.0 Å². The van der Waals surface area contributed by atoms with E-state index in [0.29, 0.717) is 23.6 Å². The van der Waals surface area contributed by atoms with Crippen LogP contribution in [0.25, 0.3) is 0 Å². The number of nitrogens with zero attached hydrogens (tertiary/aromatic N) is 2. The van der Waals surface area contributed by atoms with Crippen LogP contribution in [0.3, 0.4) is 0 Å². The van der Waals surface area contributed by atoms with Gasteiger partial charge in [-0.2, -0.15) is 0 Å². The van der Waals surface area contributed by atoms with Crippen molar-refractivity contribution in [2.75, 3.05) is 40.0 Å². The Kier molecular flexibility index (Phi) is 6.39. The predicted octanol–water partition coefficient (Wildman–Crippen LogP) is 2.68. The van der Waals surface area contributed by atoms with Crippen LogP contribution in [0.4, 0.5) is 0 Å². The lowest BCUT2D eigenvalue weighted by Gasteiger charge is -2.39. The highest BCUT2D eigenvalue weighted by Crippen LogP contribution is 2.44. The van der Waals surface area contributed by atoms with Gasteiger partial charge < -0.3 is 14.4 Å². The van der Waals surface area contributed by atoms with Crippen molar-refractivity contribution in [2.45, 2.75) is 77.0 Å². The first kappa shape index (κ1) is 19.1. The Labute approximate surface area is 153 Å². The normalized spacial score (nSPS) is 27.7. The average Bonchev–Trinajstić information content (AvgIpc) is 3.22. The van der Waals surface area contributed by atoms with E-state index in [9.17, 15) is 4.79 Å². The van der Waals surface area contributed by atoms with Crippen LogP contribution in [0, 0.1) is 5.41 Å². The third-order valence-electron chi connectivity index (χ3n) is 6.60. The van der Waals surface area contributed by atoms with Gasteiger partial charge in [0.25, 0.3) is 0 Å². The fourth-order valence-corrected chi connectivity index (χ4v) is 5.08. The van der Waals surface area contributed by atoms with Gasteiger partial charge in [-0.1, -0.05) is 12.8 Å². The van der Waals surface area contributed by atoms with E-state index in [0.717, 1.165) is 51.9 Å². The summed E-state index contributed by atoms with van der Waals surface area (Å²) in [4.78, 5) is 17.1. The van der Waals surface area contributed by atoms with E-state index in [2.05, 4.69) is 18.7 Å². The van der Waals surface area contributed by atoms with Crippen LogP contribution in [-0.2, 0) is 14.3 Å². The lowest BCUT2D eigenvalue weighted by molar-refractivity contribution is -0.140. The number of ether oxygens (including phenoxy) is 2. The summed E-state index contributed by atoms with van der Waals surface area (Å²) in [5.41, 5.74) is 0.372. The third kappa shape index (κ3) is 4.55. The fraction of sp³-hybridized carbons (Fsp3) is 0.950. The number of carbonyl (C=O) groups excluding carboxylic acids is 1. The second-order valence-electron chi connectivity index (χ2n) is 8.68. The zero-order valence-corrected chi connectivity index (χ0v) is 16.3. The molecule has 144 valence electrons. The van der Waals surface area contributed by atoms with Crippen molar-refractivity contribution < 1.29 is 14.3 Å². The molecule has 0 N–H and O–H groups in total. The van der Waals surface area contributed by atoms with Crippen molar-refractivity contribution in [3.05, 3.63) is 0 Å². The van der Waals surface area contributed by atoms with Crippen LogP contribution in [0.5, 0.6) is 0 Å². The van der Waals surface area contributed by atoms with Gasteiger partial charge in [-0.25, -0.2) is 0 Å². The number of amides is 1. The Hall–Kier alpha value is -0.650. The molecule has 1 atom stereocenters. The van der Waals surface area contributed by atoms with Gasteiger partial charge in [-0.3, -0.25) is 9.69 Å². The van der Waals surface area contributed by atoms with Gasteiger partial charge >= 0.3 is 0 Å². The summed E-state index contributed by atoms with van der Waals surface area (Å²) in [5, 5.41) is 0. The van der Waals surface area contributed by atoms with Crippen molar-refractivity contribution in [1.29, 1.82) is 0 Å². The monoisotopic (exact) mass is 352 g/mol. The first-order valence-electron chi connectivity index (χ1n) is 10.2. The Morgan fingerprint density at radius 1 is 1.20 bits per heavy atom. The molecule has 3 fully saturated rings. The number of piperidine rings is 1. The SMILES string of the molecule is COCC1CC2(CCN(C(=O)COC3CCCC3)CC2)CN1C(C)C. The first-order valence-corrected chi connectivity index (χ1v) is 10.2. The van der Waals surface area contributed by atoms with Crippen molar-refractivity contribution in [3.63, 3.8) is 0 Å². The van der Waals surface area contributed by atoms with Gasteiger partial charge in [0.05, 0.1) is 12.7 Å². The van der Waals surface area contributed by atoms with Crippen LogP contribution < -0.4 is 0 Å². The molecule has 5 nitrogen and oxygen atoms in total. The molecule has 2 saturated heterocycles. The molecule has 3 rings (SSSR count). The smallest absolute Gasteiger partial charge is 0.248 e. The Morgan fingerprint density at radius 3 is 2.48 bits per heavy atom. The zero-order chi connectivity index (χ0) is 17.9. The molecule has 0 aromatic heterocycles. The van der Waals surface area contributed by atoms with E-state index in [1.54, 1.807) is 7.11 Å². The van der Waals surface area contributed by atoms with E-state index < -0.39 is 0 Å². The Balaban J connectivity index is 1.48. The highest BCUT2D eigenvalue weighted by molar-refractivity contribution is 5.77. The molecule has 2 aliphatic heterocycles. The number of hydrogen-bond acceptors (Lipinski definition) is 4. The maximum Gasteiger partial charge on any atom is 0.248 e. The molecule has 1 saturated carbocycles. The standard InChI is InChI=1S/C20H36N2O3/c1-16(2)22-15-20(12-17(22)13-24-3)8-10-21(11-9-20)19(23)14-25-18-6-4-5-7-18/h16-18H,4-15H2,1-3H3. The van der Waals surface area contributed by atoms with E-state index >= 15 is 0 Å². The molecular formula is C20H36N2O3. The number of carbonyl (C=O) groups is 1. The fourth-order valence-electron chi connectivity index (χ4n) is 5.08. The highest BCUT2D eigenvalue weighted by atomic mass is 16.5. The van der Waals surface area contributed by atoms with Crippen LogP contribution in [-0.4, -0.2) is 73.9 Å². The van der Waals surface area contributed by atoms with Crippen molar-refractivity contribution in [1.82, 2.24) is 9.80 Å². The summed E-state index contributed by atoms with van der Waals surface area (Å²) in [7, 11) is 1.80. The first-order chi connectivity index (χ1) is 12.0. The molecule has 1 unspecified atom stereocenters. The zero-order valence-electron chi connectivity index (χ0n) is 16.3. The molecule has 0 bridgehead atoms.